The highest BCUT2D eigenvalue weighted by Gasteiger charge is 2.21. The van der Waals surface area contributed by atoms with Crippen LogP contribution in [0.15, 0.2) is 60.9 Å². The second-order valence-electron chi connectivity index (χ2n) is 8.33. The summed E-state index contributed by atoms with van der Waals surface area (Å²) in [5.41, 5.74) is 4.86. The lowest BCUT2D eigenvalue weighted by Crippen LogP contribution is -2.44. The van der Waals surface area contributed by atoms with Crippen molar-refractivity contribution >= 4 is 16.9 Å². The third-order valence-corrected chi connectivity index (χ3v) is 6.18. The smallest absolute Gasteiger partial charge is 0.252 e. The van der Waals surface area contributed by atoms with Gasteiger partial charge in [-0.25, -0.2) is 9.97 Å². The molecule has 1 aliphatic rings. The predicted molar refractivity (Wildman–Crippen MR) is 124 cm³/mol. The van der Waals surface area contributed by atoms with Crippen molar-refractivity contribution in [2.75, 3.05) is 13.1 Å². The normalized spacial score (nSPS) is 14.8. The molecule has 0 spiro atoms. The number of fused-ring (bicyclic) bond motifs is 2. The van der Waals surface area contributed by atoms with E-state index >= 15 is 0 Å². The van der Waals surface area contributed by atoms with Crippen LogP contribution < -0.4 is 5.32 Å². The fourth-order valence-corrected chi connectivity index (χ4v) is 4.27. The van der Waals surface area contributed by atoms with E-state index in [0.29, 0.717) is 23.6 Å². The topological polar surface area (TPSA) is 75.9 Å². The minimum atomic E-state index is -0.117. The van der Waals surface area contributed by atoms with Gasteiger partial charge in [-0.3, -0.25) is 9.69 Å². The molecule has 7 nitrogen and oxygen atoms in total. The molecule has 1 aliphatic heterocycles. The summed E-state index contributed by atoms with van der Waals surface area (Å²) < 4.78 is 1.71. The molecule has 0 radical (unpaired) electrons. The van der Waals surface area contributed by atoms with Crippen molar-refractivity contribution in [2.45, 2.75) is 32.9 Å². The number of nitrogens with one attached hydrogen (secondary N) is 1. The standard InChI is InChI=1S/C25H26N6O/c1-17(30-12-10-19-7-3-4-8-20(19)16-30)14-28-25(32)21-13-22-18(2)29-31(24(22)27-15-21)23-9-5-6-11-26-23/h3-9,11,13,15,17H,10,12,14,16H2,1-2H3,(H,28,32). The van der Waals surface area contributed by atoms with Crippen LogP contribution in [0.25, 0.3) is 16.9 Å². The molecule has 1 atom stereocenters. The maximum atomic E-state index is 12.9. The van der Waals surface area contributed by atoms with Crippen molar-refractivity contribution in [3.63, 3.8) is 0 Å². The lowest BCUT2D eigenvalue weighted by Gasteiger charge is -2.33. The van der Waals surface area contributed by atoms with Crippen LogP contribution in [0.4, 0.5) is 0 Å². The third-order valence-electron chi connectivity index (χ3n) is 6.18. The molecule has 3 aromatic heterocycles. The lowest BCUT2D eigenvalue weighted by atomic mass is 9.99. The van der Waals surface area contributed by atoms with Gasteiger partial charge in [0.05, 0.1) is 11.3 Å². The van der Waals surface area contributed by atoms with Gasteiger partial charge in [0.1, 0.15) is 0 Å². The summed E-state index contributed by atoms with van der Waals surface area (Å²) in [6, 6.07) is 16.4. The fourth-order valence-electron chi connectivity index (χ4n) is 4.27. The summed E-state index contributed by atoms with van der Waals surface area (Å²) in [5.74, 6) is 0.584. The maximum Gasteiger partial charge on any atom is 0.252 e. The van der Waals surface area contributed by atoms with Gasteiger partial charge in [-0.2, -0.15) is 9.78 Å². The van der Waals surface area contributed by atoms with Gasteiger partial charge in [0, 0.05) is 43.5 Å². The zero-order valence-corrected chi connectivity index (χ0v) is 18.3. The Hall–Kier alpha value is -3.58. The number of rotatable bonds is 5. The van der Waals surface area contributed by atoms with Gasteiger partial charge < -0.3 is 5.32 Å². The molecule has 1 N–H and O–H groups in total. The Labute approximate surface area is 187 Å². The van der Waals surface area contributed by atoms with Crippen LogP contribution in [-0.4, -0.2) is 49.7 Å². The van der Waals surface area contributed by atoms with Crippen molar-refractivity contribution in [1.82, 2.24) is 30.0 Å². The Bertz CT molecular complexity index is 1270. The molecule has 7 heteroatoms. The minimum absolute atomic E-state index is 0.117. The van der Waals surface area contributed by atoms with Gasteiger partial charge in [0.15, 0.2) is 11.5 Å². The number of nitrogens with zero attached hydrogens (tertiary/aromatic N) is 5. The van der Waals surface area contributed by atoms with Crippen molar-refractivity contribution < 1.29 is 4.79 Å². The predicted octanol–water partition coefficient (Wildman–Crippen LogP) is 3.30. The number of hydrogen-bond acceptors (Lipinski definition) is 5. The Balaban J connectivity index is 1.28. The molecule has 1 aromatic carbocycles. The first kappa shape index (κ1) is 20.3. The molecular weight excluding hydrogens is 400 g/mol. The summed E-state index contributed by atoms with van der Waals surface area (Å²) in [6.45, 7) is 6.60. The molecule has 0 bridgehead atoms. The summed E-state index contributed by atoms with van der Waals surface area (Å²) in [7, 11) is 0. The van der Waals surface area contributed by atoms with Crippen LogP contribution in [0.2, 0.25) is 0 Å². The molecule has 0 saturated carbocycles. The SMILES string of the molecule is Cc1nn(-c2ccccn2)c2ncc(C(=O)NCC(C)N3CCc4ccccc4C3)cc12. The average molecular weight is 427 g/mol. The highest BCUT2D eigenvalue weighted by Crippen LogP contribution is 2.21. The molecular formula is C25H26N6O. The van der Waals surface area contributed by atoms with E-state index in [1.54, 1.807) is 17.1 Å². The van der Waals surface area contributed by atoms with Crippen LogP contribution in [0.1, 0.15) is 34.1 Å². The zero-order valence-electron chi connectivity index (χ0n) is 18.3. The second kappa shape index (κ2) is 8.51. The van der Waals surface area contributed by atoms with E-state index in [4.69, 9.17) is 0 Å². The largest absolute Gasteiger partial charge is 0.350 e. The molecule has 4 aromatic rings. The first-order valence-corrected chi connectivity index (χ1v) is 11.0. The van der Waals surface area contributed by atoms with Crippen molar-refractivity contribution in [3.8, 4) is 5.82 Å². The first-order chi connectivity index (χ1) is 15.6. The molecule has 0 fully saturated rings. The van der Waals surface area contributed by atoms with Crippen LogP contribution in [-0.2, 0) is 13.0 Å². The highest BCUT2D eigenvalue weighted by atomic mass is 16.1. The van der Waals surface area contributed by atoms with Crippen molar-refractivity contribution in [2.24, 2.45) is 0 Å². The number of amides is 1. The molecule has 4 heterocycles. The molecule has 1 amide bonds. The Kier molecular flexibility index (Phi) is 5.41. The second-order valence-corrected chi connectivity index (χ2v) is 8.33. The highest BCUT2D eigenvalue weighted by molar-refractivity contribution is 5.97. The molecule has 162 valence electrons. The van der Waals surface area contributed by atoms with E-state index in [2.05, 4.69) is 56.5 Å². The Morgan fingerprint density at radius 3 is 2.75 bits per heavy atom. The molecule has 1 unspecified atom stereocenters. The van der Waals surface area contributed by atoms with E-state index in [1.807, 2.05) is 31.2 Å². The Morgan fingerprint density at radius 2 is 1.94 bits per heavy atom. The number of hydrogen-bond donors (Lipinski definition) is 1. The van der Waals surface area contributed by atoms with E-state index in [9.17, 15) is 4.79 Å². The monoisotopic (exact) mass is 426 g/mol. The van der Waals surface area contributed by atoms with Crippen LogP contribution in [0.3, 0.4) is 0 Å². The number of pyridine rings is 2. The van der Waals surface area contributed by atoms with E-state index < -0.39 is 0 Å². The van der Waals surface area contributed by atoms with Crippen LogP contribution in [0, 0.1) is 6.92 Å². The molecule has 5 rings (SSSR count). The van der Waals surface area contributed by atoms with Crippen molar-refractivity contribution in [1.29, 1.82) is 0 Å². The quantitative estimate of drug-likeness (QED) is 0.530. The molecule has 32 heavy (non-hydrogen) atoms. The summed E-state index contributed by atoms with van der Waals surface area (Å²) in [5, 5.41) is 8.50. The third kappa shape index (κ3) is 3.87. The van der Waals surface area contributed by atoms with Gasteiger partial charge >= 0.3 is 0 Å². The summed E-state index contributed by atoms with van der Waals surface area (Å²) >= 11 is 0. The van der Waals surface area contributed by atoms with Crippen LogP contribution >= 0.6 is 0 Å². The average Bonchev–Trinajstić information content (AvgIpc) is 3.18. The Morgan fingerprint density at radius 1 is 1.12 bits per heavy atom. The number of aromatic nitrogens is 4. The number of benzene rings is 1. The maximum absolute atomic E-state index is 12.9. The summed E-state index contributed by atoms with van der Waals surface area (Å²) in [4.78, 5) is 24.2. The van der Waals surface area contributed by atoms with E-state index in [1.165, 1.54) is 11.1 Å². The van der Waals surface area contributed by atoms with E-state index in [-0.39, 0.29) is 11.9 Å². The fraction of sp³-hybridized carbons (Fsp3) is 0.280. The number of carbonyl (C=O) groups is 1. The van der Waals surface area contributed by atoms with Gasteiger partial charge in [-0.15, -0.1) is 0 Å². The number of aryl methyl sites for hydroxylation is 1. The molecule has 0 aliphatic carbocycles. The minimum Gasteiger partial charge on any atom is -0.350 e. The zero-order chi connectivity index (χ0) is 22.1. The summed E-state index contributed by atoms with van der Waals surface area (Å²) in [6.07, 6.45) is 4.39. The van der Waals surface area contributed by atoms with Gasteiger partial charge in [0.25, 0.3) is 5.91 Å². The van der Waals surface area contributed by atoms with Crippen LogP contribution in [0.5, 0.6) is 0 Å². The number of carbonyl (C=O) groups excluding carboxylic acids is 1. The van der Waals surface area contributed by atoms with E-state index in [0.717, 1.165) is 30.6 Å². The van der Waals surface area contributed by atoms with Gasteiger partial charge in [-0.1, -0.05) is 30.3 Å². The molecule has 0 saturated heterocycles. The lowest BCUT2D eigenvalue weighted by molar-refractivity contribution is 0.0932. The van der Waals surface area contributed by atoms with Gasteiger partial charge in [-0.05, 0) is 49.6 Å². The first-order valence-electron chi connectivity index (χ1n) is 11.0. The van der Waals surface area contributed by atoms with Gasteiger partial charge in [0.2, 0.25) is 0 Å². The van der Waals surface area contributed by atoms with Crippen molar-refractivity contribution in [3.05, 3.63) is 83.3 Å².